The first kappa shape index (κ1) is 13.5. The Labute approximate surface area is 116 Å². The van der Waals surface area contributed by atoms with Gasteiger partial charge in [-0.1, -0.05) is 12.1 Å². The topological polar surface area (TPSA) is 52.1 Å². The van der Waals surface area contributed by atoms with E-state index in [1.54, 1.807) is 36.4 Å². The van der Waals surface area contributed by atoms with Gasteiger partial charge in [0.2, 0.25) is 0 Å². The molecular weight excluding hydrogens is 260 g/mol. The molecule has 0 aliphatic rings. The third-order valence-electron chi connectivity index (χ3n) is 2.40. The molecule has 1 aromatic heterocycles. The van der Waals surface area contributed by atoms with E-state index in [2.05, 4.69) is 9.97 Å². The molecule has 0 aliphatic carbocycles. The second kappa shape index (κ2) is 6.89. The molecule has 0 aliphatic heterocycles. The third-order valence-corrected chi connectivity index (χ3v) is 3.27. The highest BCUT2D eigenvalue weighted by Gasteiger charge is 2.06. The first-order valence-corrected chi connectivity index (χ1v) is 6.87. The summed E-state index contributed by atoms with van der Waals surface area (Å²) >= 11 is 1.57. The molecule has 0 N–H and O–H groups in total. The summed E-state index contributed by atoms with van der Waals surface area (Å²) in [7, 11) is 0. The van der Waals surface area contributed by atoms with Crippen LogP contribution in [0.4, 0.5) is 0 Å². The summed E-state index contributed by atoms with van der Waals surface area (Å²) in [5, 5.41) is 0.867. The normalized spacial score (nSPS) is 10.2. The number of Topliss-reactive ketones (excluding diaryl/α,β-unsaturated/α-hetero) is 1. The van der Waals surface area contributed by atoms with Gasteiger partial charge in [0.15, 0.2) is 5.78 Å². The van der Waals surface area contributed by atoms with Crippen molar-refractivity contribution in [2.45, 2.75) is 11.9 Å². The number of para-hydroxylation sites is 1. The first-order chi connectivity index (χ1) is 9.27. The summed E-state index contributed by atoms with van der Waals surface area (Å²) in [5.74, 6) is 1.40. The maximum Gasteiger partial charge on any atom is 0.163 e. The number of carbonyl (C=O) groups excluding carboxylic acids is 1. The van der Waals surface area contributed by atoms with Crippen molar-refractivity contribution in [3.8, 4) is 5.75 Å². The van der Waals surface area contributed by atoms with Gasteiger partial charge in [-0.25, -0.2) is 4.98 Å². The number of ketones is 1. The molecule has 0 spiro atoms. The molecule has 1 heterocycles. The van der Waals surface area contributed by atoms with Crippen LogP contribution in [0.2, 0.25) is 0 Å². The Balaban J connectivity index is 1.85. The zero-order valence-corrected chi connectivity index (χ0v) is 11.4. The van der Waals surface area contributed by atoms with Crippen LogP contribution in [0.1, 0.15) is 17.3 Å². The highest BCUT2D eigenvalue weighted by Crippen LogP contribution is 2.19. The smallest absolute Gasteiger partial charge is 0.163 e. The number of thioether (sulfide) groups is 1. The van der Waals surface area contributed by atoms with Gasteiger partial charge in [0.05, 0.1) is 18.4 Å². The molecule has 2 rings (SSSR count). The molecule has 1 aromatic carbocycles. The van der Waals surface area contributed by atoms with Crippen LogP contribution in [-0.4, -0.2) is 28.1 Å². The maximum atomic E-state index is 11.4. The summed E-state index contributed by atoms with van der Waals surface area (Å²) in [6, 6.07) is 7.27. The molecule has 2 aromatic rings. The number of rotatable bonds is 6. The van der Waals surface area contributed by atoms with Crippen molar-refractivity contribution >= 4 is 17.5 Å². The van der Waals surface area contributed by atoms with Gasteiger partial charge in [0.25, 0.3) is 0 Å². The molecule has 0 radical (unpaired) electrons. The number of hydrogen-bond donors (Lipinski definition) is 0. The molecule has 0 bridgehead atoms. The van der Waals surface area contributed by atoms with Crippen LogP contribution >= 0.6 is 11.8 Å². The van der Waals surface area contributed by atoms with Crippen molar-refractivity contribution in [3.05, 3.63) is 48.4 Å². The van der Waals surface area contributed by atoms with Gasteiger partial charge in [0, 0.05) is 18.1 Å². The lowest BCUT2D eigenvalue weighted by molar-refractivity contribution is 0.101. The van der Waals surface area contributed by atoms with E-state index >= 15 is 0 Å². The van der Waals surface area contributed by atoms with Gasteiger partial charge in [-0.05, 0) is 19.1 Å². The van der Waals surface area contributed by atoms with Crippen molar-refractivity contribution in [3.63, 3.8) is 0 Å². The van der Waals surface area contributed by atoms with E-state index < -0.39 is 0 Å². The minimum Gasteiger partial charge on any atom is -0.492 e. The third kappa shape index (κ3) is 4.06. The number of carbonyl (C=O) groups is 1. The Hall–Kier alpha value is -1.88. The summed E-state index contributed by atoms with van der Waals surface area (Å²) < 4.78 is 5.63. The molecule has 0 amide bonds. The molecule has 0 atom stereocenters. The van der Waals surface area contributed by atoms with E-state index in [0.717, 1.165) is 10.8 Å². The largest absolute Gasteiger partial charge is 0.492 e. The number of nitrogens with zero attached hydrogens (tertiary/aromatic N) is 2. The molecule has 19 heavy (non-hydrogen) atoms. The van der Waals surface area contributed by atoms with Crippen molar-refractivity contribution in [1.82, 2.24) is 9.97 Å². The first-order valence-electron chi connectivity index (χ1n) is 5.89. The number of ether oxygens (including phenoxy) is 1. The minimum atomic E-state index is 0.0113. The van der Waals surface area contributed by atoms with E-state index in [4.69, 9.17) is 4.74 Å². The van der Waals surface area contributed by atoms with Crippen LogP contribution in [0.3, 0.4) is 0 Å². The van der Waals surface area contributed by atoms with Gasteiger partial charge in [-0.2, -0.15) is 0 Å². The highest BCUT2D eigenvalue weighted by atomic mass is 32.2. The van der Waals surface area contributed by atoms with Gasteiger partial charge in [-0.15, -0.1) is 11.8 Å². The van der Waals surface area contributed by atoms with Crippen LogP contribution in [-0.2, 0) is 0 Å². The molecular formula is C14H14N2O2S. The summed E-state index contributed by atoms with van der Waals surface area (Å²) in [6.07, 6.45) is 5.02. The highest BCUT2D eigenvalue weighted by molar-refractivity contribution is 7.99. The average molecular weight is 274 g/mol. The van der Waals surface area contributed by atoms with Crippen LogP contribution in [0, 0.1) is 0 Å². The number of benzene rings is 1. The minimum absolute atomic E-state index is 0.0113. The SMILES string of the molecule is CC(=O)c1ccccc1OCCSc1cnccn1. The van der Waals surface area contributed by atoms with Gasteiger partial charge < -0.3 is 4.74 Å². The number of hydrogen-bond acceptors (Lipinski definition) is 5. The van der Waals surface area contributed by atoms with Crippen LogP contribution in [0.5, 0.6) is 5.75 Å². The molecule has 98 valence electrons. The Kier molecular flexibility index (Phi) is 4.92. The summed E-state index contributed by atoms with van der Waals surface area (Å²) in [4.78, 5) is 19.6. The Morgan fingerprint density at radius 2 is 2.16 bits per heavy atom. The van der Waals surface area contributed by atoms with E-state index in [0.29, 0.717) is 17.9 Å². The lowest BCUT2D eigenvalue weighted by Crippen LogP contribution is -2.04. The Morgan fingerprint density at radius 3 is 2.89 bits per heavy atom. The molecule has 0 unspecified atom stereocenters. The van der Waals surface area contributed by atoms with E-state index in [1.807, 2.05) is 18.2 Å². The maximum absolute atomic E-state index is 11.4. The predicted octanol–water partition coefficient (Wildman–Crippen LogP) is 2.85. The van der Waals surface area contributed by atoms with Crippen molar-refractivity contribution < 1.29 is 9.53 Å². The zero-order valence-electron chi connectivity index (χ0n) is 10.6. The second-order valence-corrected chi connectivity index (χ2v) is 4.91. The molecule has 0 fully saturated rings. The monoisotopic (exact) mass is 274 g/mol. The molecule has 4 nitrogen and oxygen atoms in total. The molecule has 0 saturated carbocycles. The van der Waals surface area contributed by atoms with Gasteiger partial charge >= 0.3 is 0 Å². The Bertz CT molecular complexity index is 546. The average Bonchev–Trinajstić information content (AvgIpc) is 2.45. The molecule has 0 saturated heterocycles. The van der Waals surface area contributed by atoms with E-state index in [9.17, 15) is 4.79 Å². The summed E-state index contributed by atoms with van der Waals surface area (Å²) in [6.45, 7) is 2.06. The van der Waals surface area contributed by atoms with Gasteiger partial charge in [-0.3, -0.25) is 9.78 Å². The number of aromatic nitrogens is 2. The predicted molar refractivity (Wildman–Crippen MR) is 74.7 cm³/mol. The van der Waals surface area contributed by atoms with Crippen molar-refractivity contribution in [2.75, 3.05) is 12.4 Å². The fraction of sp³-hybridized carbons (Fsp3) is 0.214. The lowest BCUT2D eigenvalue weighted by Gasteiger charge is -2.08. The van der Waals surface area contributed by atoms with Crippen molar-refractivity contribution in [1.29, 1.82) is 0 Å². The fourth-order valence-corrected chi connectivity index (χ4v) is 2.19. The summed E-state index contributed by atoms with van der Waals surface area (Å²) in [5.41, 5.74) is 0.618. The molecule has 5 heteroatoms. The van der Waals surface area contributed by atoms with E-state index in [1.165, 1.54) is 6.92 Å². The standard InChI is InChI=1S/C14H14N2O2S/c1-11(17)12-4-2-3-5-13(12)18-8-9-19-14-10-15-6-7-16-14/h2-7,10H,8-9H2,1H3. The second-order valence-electron chi connectivity index (χ2n) is 3.79. The fourth-order valence-electron chi connectivity index (χ4n) is 1.54. The lowest BCUT2D eigenvalue weighted by atomic mass is 10.1. The van der Waals surface area contributed by atoms with Crippen LogP contribution < -0.4 is 4.74 Å². The van der Waals surface area contributed by atoms with E-state index in [-0.39, 0.29) is 5.78 Å². The zero-order chi connectivity index (χ0) is 13.5. The quantitative estimate of drug-likeness (QED) is 0.460. The van der Waals surface area contributed by atoms with Crippen LogP contribution in [0.25, 0.3) is 0 Å². The van der Waals surface area contributed by atoms with Crippen LogP contribution in [0.15, 0.2) is 47.9 Å². The Morgan fingerprint density at radius 1 is 1.32 bits per heavy atom. The van der Waals surface area contributed by atoms with Gasteiger partial charge in [0.1, 0.15) is 10.8 Å². The van der Waals surface area contributed by atoms with Crippen molar-refractivity contribution in [2.24, 2.45) is 0 Å².